The molecule has 0 aromatic rings. The summed E-state index contributed by atoms with van der Waals surface area (Å²) in [6.45, 7) is -1.13. The molecule has 23 heavy (non-hydrogen) atoms. The van der Waals surface area contributed by atoms with Crippen molar-refractivity contribution < 1.29 is 45.8 Å². The standard InChI is InChI=1S/C10H22AsNO10S/c1-11(2,16)3-7-8(14)9(15)10(21-7)19-4-6(13)5-20-23(17,18)22-12/h6-10,13-15H,3-5,12H2,1-2H3/q+1/t6-,7+,8+,9+,10+/m0/s1. The molecule has 0 saturated carbocycles. The van der Waals surface area contributed by atoms with Crippen LogP contribution in [0.5, 0.6) is 0 Å². The predicted molar refractivity (Wildman–Crippen MR) is 75.6 cm³/mol. The molecule has 1 heterocycles. The molecule has 6 atom stereocenters. The summed E-state index contributed by atoms with van der Waals surface area (Å²) in [5.41, 5.74) is 3.16. The van der Waals surface area contributed by atoms with Crippen molar-refractivity contribution in [3.05, 3.63) is 0 Å². The van der Waals surface area contributed by atoms with E-state index in [0.29, 0.717) is 0 Å². The van der Waals surface area contributed by atoms with Crippen LogP contribution in [0.3, 0.4) is 0 Å². The molecule has 1 unspecified atom stereocenters. The number of hydrogen-bond donors (Lipinski definition) is 4. The van der Waals surface area contributed by atoms with Gasteiger partial charge in [-0.2, -0.15) is 0 Å². The first kappa shape index (κ1) is 21.2. The summed E-state index contributed by atoms with van der Waals surface area (Å²) < 4.78 is 51.5. The van der Waals surface area contributed by atoms with Crippen molar-refractivity contribution in [3.63, 3.8) is 0 Å². The zero-order valence-electron chi connectivity index (χ0n) is 12.6. The van der Waals surface area contributed by atoms with Gasteiger partial charge in [0.15, 0.2) is 0 Å². The minimum absolute atomic E-state index is 0.119. The molecule has 1 saturated heterocycles. The van der Waals surface area contributed by atoms with Crippen LogP contribution >= 0.6 is 0 Å². The van der Waals surface area contributed by atoms with Gasteiger partial charge in [-0.3, -0.25) is 0 Å². The van der Waals surface area contributed by atoms with Crippen LogP contribution in [0.4, 0.5) is 0 Å². The van der Waals surface area contributed by atoms with Gasteiger partial charge in [0.05, 0.1) is 0 Å². The van der Waals surface area contributed by atoms with E-state index in [-0.39, 0.29) is 5.21 Å². The molecular weight excluding hydrogens is 401 g/mol. The van der Waals surface area contributed by atoms with Crippen LogP contribution in [-0.4, -0.2) is 72.7 Å². The van der Waals surface area contributed by atoms with Crippen LogP contribution in [-0.2, 0) is 41.2 Å². The quantitative estimate of drug-likeness (QED) is 0.185. The molecule has 1 rings (SSSR count). The molecule has 1 radical (unpaired) electrons. The first-order valence-electron chi connectivity index (χ1n) is 6.58. The summed E-state index contributed by atoms with van der Waals surface area (Å²) in [6.07, 6.45) is -6.11. The average molecular weight is 423 g/mol. The number of aliphatic hydroxyl groups excluding tert-OH is 3. The van der Waals surface area contributed by atoms with Crippen molar-refractivity contribution in [2.45, 2.75) is 47.3 Å². The molecule has 1 fully saturated rings. The Labute approximate surface area is 136 Å². The van der Waals surface area contributed by atoms with Crippen molar-refractivity contribution >= 4 is 24.3 Å². The number of rotatable bonds is 9. The van der Waals surface area contributed by atoms with Crippen LogP contribution in [0.15, 0.2) is 0 Å². The Kier molecular flexibility index (Phi) is 7.83. The van der Waals surface area contributed by atoms with Gasteiger partial charge in [-0.25, -0.2) is 0 Å². The van der Waals surface area contributed by atoms with Gasteiger partial charge >= 0.3 is 136 Å². The van der Waals surface area contributed by atoms with Crippen LogP contribution in [0.25, 0.3) is 0 Å². The van der Waals surface area contributed by atoms with Gasteiger partial charge < -0.3 is 0 Å². The monoisotopic (exact) mass is 423 g/mol. The summed E-state index contributed by atoms with van der Waals surface area (Å²) in [6, 6.07) is 0. The van der Waals surface area contributed by atoms with E-state index < -0.39 is 68.2 Å². The van der Waals surface area contributed by atoms with E-state index in [0.717, 1.165) is 0 Å². The average Bonchev–Trinajstić information content (AvgIpc) is 2.69. The minimum atomic E-state index is -4.39. The summed E-state index contributed by atoms with van der Waals surface area (Å²) >= 11 is -3.10. The van der Waals surface area contributed by atoms with E-state index in [1.807, 2.05) is 0 Å². The third kappa shape index (κ3) is 7.28. The molecule has 137 valence electrons. The number of nitrogens with two attached hydrogens (primary N) is 1. The van der Waals surface area contributed by atoms with E-state index in [4.69, 9.17) is 9.47 Å². The number of aliphatic hydroxyl groups is 3. The third-order valence-corrected chi connectivity index (χ3v) is 6.17. The van der Waals surface area contributed by atoms with Gasteiger partial charge in [0.2, 0.25) is 0 Å². The second-order valence-corrected chi connectivity index (χ2v) is 14.2. The van der Waals surface area contributed by atoms with E-state index in [1.54, 1.807) is 11.4 Å². The molecular formula is C10H22AsNO10S+. The normalized spacial score (nSPS) is 32.7. The fourth-order valence-corrected chi connectivity index (χ4v) is 4.71. The van der Waals surface area contributed by atoms with Gasteiger partial charge in [0, 0.05) is 0 Å². The molecule has 0 aliphatic carbocycles. The van der Waals surface area contributed by atoms with Gasteiger partial charge in [0.1, 0.15) is 0 Å². The Bertz CT molecular complexity index is 473. The second kappa shape index (κ2) is 8.49. The molecule has 0 aromatic carbocycles. The fourth-order valence-electron chi connectivity index (χ4n) is 1.88. The van der Waals surface area contributed by atoms with E-state index >= 15 is 0 Å². The zero-order chi connectivity index (χ0) is 17.8. The van der Waals surface area contributed by atoms with Crippen molar-refractivity contribution in [1.29, 1.82) is 0 Å². The first-order valence-corrected chi connectivity index (χ1v) is 13.8. The number of ether oxygens (including phenoxy) is 2. The van der Waals surface area contributed by atoms with Crippen LogP contribution in [0, 0.1) is 0 Å². The van der Waals surface area contributed by atoms with Gasteiger partial charge in [-0.1, -0.05) is 0 Å². The Morgan fingerprint density at radius 2 is 1.91 bits per heavy atom. The molecule has 13 heteroatoms. The maximum absolute atomic E-state index is 11.8. The number of hydrogen-bond acceptors (Lipinski definition) is 10. The molecule has 1 aliphatic rings. The molecule has 5 N–H and O–H groups in total. The van der Waals surface area contributed by atoms with Crippen LogP contribution in [0.1, 0.15) is 0 Å². The van der Waals surface area contributed by atoms with Gasteiger partial charge in [-0.15, -0.1) is 0 Å². The molecule has 0 spiro atoms. The van der Waals surface area contributed by atoms with Crippen molar-refractivity contribution in [1.82, 2.24) is 0 Å². The topological polar surface area (TPSA) is 178 Å². The van der Waals surface area contributed by atoms with Gasteiger partial charge in [-0.05, 0) is 0 Å². The third-order valence-electron chi connectivity index (χ3n) is 2.91. The Balaban J connectivity index is 2.43. The Hall–Kier alpha value is 0.148. The summed E-state index contributed by atoms with van der Waals surface area (Å²) in [5.74, 6) is 4.44. The van der Waals surface area contributed by atoms with Crippen LogP contribution in [0.2, 0.25) is 16.6 Å². The summed E-state index contributed by atoms with van der Waals surface area (Å²) in [7, 11) is -4.39. The molecule has 0 bridgehead atoms. The molecule has 0 aromatic heterocycles. The molecule has 1 aliphatic heterocycles. The second-order valence-electron chi connectivity index (χ2n) is 5.56. The summed E-state index contributed by atoms with van der Waals surface area (Å²) in [4.78, 5) is 0. The first-order chi connectivity index (χ1) is 10.4. The van der Waals surface area contributed by atoms with Crippen molar-refractivity contribution in [2.24, 2.45) is 5.90 Å². The van der Waals surface area contributed by atoms with E-state index in [9.17, 15) is 27.8 Å². The fraction of sp³-hybridized carbons (Fsp3) is 1.00. The Morgan fingerprint density at radius 1 is 1.30 bits per heavy atom. The SMILES string of the molecule is C[As](C)(=O)C[C@H]1O[C@@H](OC[C@H](O)CO[S+]([O])(=O)ON)[C@H](O)[C@@H]1O. The van der Waals surface area contributed by atoms with Gasteiger partial charge in [0.25, 0.3) is 0 Å². The molecule has 11 nitrogen and oxygen atoms in total. The van der Waals surface area contributed by atoms with Crippen molar-refractivity contribution in [3.8, 4) is 0 Å². The Morgan fingerprint density at radius 3 is 2.43 bits per heavy atom. The molecule has 0 amide bonds. The summed E-state index contributed by atoms with van der Waals surface area (Å²) in [5, 5.41) is 29.3. The predicted octanol–water partition coefficient (Wildman–Crippen LogP) is -1.97. The zero-order valence-corrected chi connectivity index (χ0v) is 15.3. The van der Waals surface area contributed by atoms with Crippen LogP contribution < -0.4 is 5.90 Å². The van der Waals surface area contributed by atoms with Crippen molar-refractivity contribution in [2.75, 3.05) is 13.2 Å². The van der Waals surface area contributed by atoms with E-state index in [2.05, 4.69) is 14.4 Å². The maximum atomic E-state index is 11.8. The van der Waals surface area contributed by atoms with E-state index in [1.165, 1.54) is 0 Å².